The molecule has 0 spiro atoms. The second-order valence-corrected chi connectivity index (χ2v) is 9.88. The highest BCUT2D eigenvalue weighted by Crippen LogP contribution is 2.28. The number of amides is 2. The van der Waals surface area contributed by atoms with Crippen molar-refractivity contribution in [1.82, 2.24) is 14.7 Å². The molecule has 2 amide bonds. The summed E-state index contributed by atoms with van der Waals surface area (Å²) in [6.45, 7) is 8.39. The summed E-state index contributed by atoms with van der Waals surface area (Å²) in [4.78, 5) is 27.7. The topological polar surface area (TPSA) is 106 Å². The molecule has 0 saturated carbocycles. The Morgan fingerprint density at radius 1 is 1.31 bits per heavy atom. The summed E-state index contributed by atoms with van der Waals surface area (Å²) in [5.41, 5.74) is 0. The molecule has 1 aromatic carbocycles. The number of para-hydroxylation sites is 1. The monoisotopic (exact) mass is 518 g/mol. The molecule has 0 saturated heterocycles. The molecule has 2 N–H and O–H groups in total. The second-order valence-electron chi connectivity index (χ2n) is 9.48. The van der Waals surface area contributed by atoms with Gasteiger partial charge in [-0.15, -0.1) is 0 Å². The van der Waals surface area contributed by atoms with Crippen LogP contribution in [0.3, 0.4) is 0 Å². The van der Waals surface area contributed by atoms with E-state index in [0.717, 1.165) is 6.42 Å². The molecule has 1 aromatic heterocycles. The van der Waals surface area contributed by atoms with Crippen molar-refractivity contribution in [1.29, 1.82) is 0 Å². The number of aryl methyl sites for hydroxylation is 1. The number of rotatable bonds is 13. The fourth-order valence-electron chi connectivity index (χ4n) is 3.74. The summed E-state index contributed by atoms with van der Waals surface area (Å²) in [5.74, 6) is -0.215. The maximum Gasteiger partial charge on any atom is 0.251 e. The molecule has 3 rings (SSSR count). The number of benzene rings is 1. The van der Waals surface area contributed by atoms with Gasteiger partial charge in [-0.1, -0.05) is 44.0 Å². The van der Waals surface area contributed by atoms with Crippen LogP contribution in [0.15, 0.2) is 48.4 Å². The normalized spacial score (nSPS) is 15.6. The molecule has 0 aliphatic carbocycles. The standard InChI is InChI=1S/C26H35ClN4O5/c1-5-18(2)15-21(31-17-19(16-24(31)32)36-22-10-7-6-9-20(22)27)25(33)28-23-11-13-30(29-23)12-8-14-35-26(3,4)34/h6-7,9-11,13,16,18,21,34H,5,8,12,14-15,17H2,1-4H3,(H,28,29,33)/t18-,21?/m1/s1. The van der Waals surface area contributed by atoms with Crippen LogP contribution in [0.4, 0.5) is 5.82 Å². The number of ether oxygens (including phenoxy) is 2. The largest absolute Gasteiger partial charge is 0.458 e. The van der Waals surface area contributed by atoms with Gasteiger partial charge in [0.25, 0.3) is 5.91 Å². The van der Waals surface area contributed by atoms with Crippen molar-refractivity contribution in [3.8, 4) is 5.75 Å². The number of carbonyl (C=O) groups excluding carboxylic acids is 2. The van der Waals surface area contributed by atoms with Gasteiger partial charge in [0.05, 0.1) is 18.2 Å². The van der Waals surface area contributed by atoms with Gasteiger partial charge in [-0.05, 0) is 44.7 Å². The van der Waals surface area contributed by atoms with Crippen LogP contribution >= 0.6 is 11.6 Å². The summed E-state index contributed by atoms with van der Waals surface area (Å²) < 4.78 is 12.9. The van der Waals surface area contributed by atoms with Gasteiger partial charge in [-0.3, -0.25) is 14.3 Å². The molecule has 9 nitrogen and oxygen atoms in total. The Bertz CT molecular complexity index is 1080. The van der Waals surface area contributed by atoms with Crippen LogP contribution in [0, 0.1) is 5.92 Å². The lowest BCUT2D eigenvalue weighted by Crippen LogP contribution is -2.46. The molecule has 2 heterocycles. The van der Waals surface area contributed by atoms with Crippen molar-refractivity contribution < 1.29 is 24.2 Å². The third kappa shape index (κ3) is 8.08. The Labute approximate surface area is 217 Å². The Hall–Kier alpha value is -2.88. The van der Waals surface area contributed by atoms with Crippen LogP contribution in [0.5, 0.6) is 5.75 Å². The van der Waals surface area contributed by atoms with Crippen molar-refractivity contribution in [2.24, 2.45) is 5.92 Å². The van der Waals surface area contributed by atoms with Crippen molar-refractivity contribution in [3.05, 3.63) is 53.4 Å². The Morgan fingerprint density at radius 3 is 2.75 bits per heavy atom. The van der Waals surface area contributed by atoms with E-state index in [4.69, 9.17) is 21.1 Å². The molecule has 1 aliphatic rings. The lowest BCUT2D eigenvalue weighted by Gasteiger charge is -2.28. The lowest BCUT2D eigenvalue weighted by atomic mass is 9.97. The number of aliphatic hydroxyl groups is 1. The highest BCUT2D eigenvalue weighted by atomic mass is 35.5. The van der Waals surface area contributed by atoms with Crippen molar-refractivity contribution in [3.63, 3.8) is 0 Å². The smallest absolute Gasteiger partial charge is 0.251 e. The van der Waals surface area contributed by atoms with Gasteiger partial charge < -0.3 is 24.8 Å². The van der Waals surface area contributed by atoms with E-state index in [-0.39, 0.29) is 24.3 Å². The van der Waals surface area contributed by atoms with E-state index in [2.05, 4.69) is 24.3 Å². The average molecular weight is 519 g/mol. The van der Waals surface area contributed by atoms with Crippen LogP contribution in [0.2, 0.25) is 5.02 Å². The fraction of sp³-hybridized carbons (Fsp3) is 0.500. The molecule has 0 radical (unpaired) electrons. The number of aromatic nitrogens is 2. The zero-order valence-electron chi connectivity index (χ0n) is 21.2. The first-order valence-corrected chi connectivity index (χ1v) is 12.6. The Kier molecular flexibility index (Phi) is 9.53. The molecule has 10 heteroatoms. The third-order valence-corrected chi connectivity index (χ3v) is 6.16. The molecule has 2 atom stereocenters. The first-order valence-electron chi connectivity index (χ1n) is 12.2. The molecular formula is C26H35ClN4O5. The second kappa shape index (κ2) is 12.4. The Morgan fingerprint density at radius 2 is 2.06 bits per heavy atom. The third-order valence-electron chi connectivity index (χ3n) is 5.85. The van der Waals surface area contributed by atoms with Crippen LogP contribution in [-0.2, 0) is 20.9 Å². The number of hydrogen-bond donors (Lipinski definition) is 2. The van der Waals surface area contributed by atoms with Gasteiger partial charge in [-0.2, -0.15) is 5.10 Å². The van der Waals surface area contributed by atoms with E-state index < -0.39 is 11.8 Å². The summed E-state index contributed by atoms with van der Waals surface area (Å²) in [6, 6.07) is 8.08. The summed E-state index contributed by atoms with van der Waals surface area (Å²) in [6.07, 6.45) is 5.21. The van der Waals surface area contributed by atoms with E-state index >= 15 is 0 Å². The van der Waals surface area contributed by atoms with Crippen molar-refractivity contribution in [2.75, 3.05) is 18.5 Å². The van der Waals surface area contributed by atoms with Crippen molar-refractivity contribution >= 4 is 29.2 Å². The number of nitrogens with zero attached hydrogens (tertiary/aromatic N) is 3. The fourth-order valence-corrected chi connectivity index (χ4v) is 3.92. The van der Waals surface area contributed by atoms with Crippen LogP contribution in [0.1, 0.15) is 47.0 Å². The van der Waals surface area contributed by atoms with Gasteiger partial charge >= 0.3 is 0 Å². The zero-order valence-corrected chi connectivity index (χ0v) is 22.0. The number of nitrogens with one attached hydrogen (secondary N) is 1. The molecule has 196 valence electrons. The molecule has 0 bridgehead atoms. The van der Waals surface area contributed by atoms with E-state index in [1.54, 1.807) is 55.1 Å². The lowest BCUT2D eigenvalue weighted by molar-refractivity contribution is -0.176. The number of carbonyl (C=O) groups is 2. The summed E-state index contributed by atoms with van der Waals surface area (Å²) in [5, 5.41) is 17.3. The first kappa shape index (κ1) is 27.7. The van der Waals surface area contributed by atoms with Crippen LogP contribution < -0.4 is 10.1 Å². The minimum absolute atomic E-state index is 0.175. The number of anilines is 1. The molecule has 1 aliphatic heterocycles. The quantitative estimate of drug-likeness (QED) is 0.304. The molecule has 2 aromatic rings. The van der Waals surface area contributed by atoms with E-state index in [1.807, 2.05) is 0 Å². The van der Waals surface area contributed by atoms with Crippen LogP contribution in [-0.4, -0.2) is 56.6 Å². The zero-order chi connectivity index (χ0) is 26.3. The Balaban J connectivity index is 1.63. The predicted molar refractivity (Wildman–Crippen MR) is 137 cm³/mol. The summed E-state index contributed by atoms with van der Waals surface area (Å²) in [7, 11) is 0. The van der Waals surface area contributed by atoms with Gasteiger partial charge in [0.15, 0.2) is 11.6 Å². The van der Waals surface area contributed by atoms with Gasteiger partial charge in [0.2, 0.25) is 5.91 Å². The maximum absolute atomic E-state index is 13.3. The molecule has 0 fully saturated rings. The average Bonchev–Trinajstić information content (AvgIpc) is 3.41. The van der Waals surface area contributed by atoms with E-state index in [9.17, 15) is 14.7 Å². The van der Waals surface area contributed by atoms with Gasteiger partial charge in [-0.25, -0.2) is 0 Å². The van der Waals surface area contributed by atoms with Crippen LogP contribution in [0.25, 0.3) is 0 Å². The number of hydrogen-bond acceptors (Lipinski definition) is 6. The highest BCUT2D eigenvalue weighted by Gasteiger charge is 2.35. The van der Waals surface area contributed by atoms with Gasteiger partial charge in [0, 0.05) is 24.9 Å². The predicted octanol–water partition coefficient (Wildman–Crippen LogP) is 4.22. The molecule has 1 unspecified atom stereocenters. The molecule has 36 heavy (non-hydrogen) atoms. The number of halogens is 1. The van der Waals surface area contributed by atoms with E-state index in [1.165, 1.54) is 11.0 Å². The summed E-state index contributed by atoms with van der Waals surface area (Å²) >= 11 is 6.19. The first-order chi connectivity index (χ1) is 17.1. The minimum Gasteiger partial charge on any atom is -0.458 e. The molecular weight excluding hydrogens is 484 g/mol. The van der Waals surface area contributed by atoms with E-state index in [0.29, 0.717) is 48.3 Å². The minimum atomic E-state index is -1.17. The van der Waals surface area contributed by atoms with Gasteiger partial charge in [0.1, 0.15) is 17.6 Å². The highest BCUT2D eigenvalue weighted by molar-refractivity contribution is 6.32. The maximum atomic E-state index is 13.3. The SMILES string of the molecule is CC[C@@H](C)CC(C(=O)Nc1ccn(CCCOC(C)(C)O)n1)N1CC(Oc2ccccc2Cl)=CC1=O. The van der Waals surface area contributed by atoms with Crippen molar-refractivity contribution in [2.45, 2.75) is 65.3 Å².